The summed E-state index contributed by atoms with van der Waals surface area (Å²) in [5.74, 6) is -1.71. The number of hydrogen-bond donors (Lipinski definition) is 2. The monoisotopic (exact) mass is 456 g/mol. The maximum atomic E-state index is 14.4. The first-order chi connectivity index (χ1) is 14.9. The Bertz CT molecular complexity index is 1290. The molecule has 2 amide bonds. The van der Waals surface area contributed by atoms with Crippen LogP contribution in [0.25, 0.3) is 21.8 Å². The van der Waals surface area contributed by atoms with Crippen LogP contribution in [0.15, 0.2) is 54.0 Å². The fourth-order valence-corrected chi connectivity index (χ4v) is 4.30. The highest BCUT2D eigenvalue weighted by molar-refractivity contribution is 7.17. The van der Waals surface area contributed by atoms with Crippen molar-refractivity contribution in [3.05, 3.63) is 70.6 Å². The molecule has 2 N–H and O–H groups in total. The zero-order valence-corrected chi connectivity index (χ0v) is 17.6. The van der Waals surface area contributed by atoms with Crippen molar-refractivity contribution in [2.45, 2.75) is 6.92 Å². The average Bonchev–Trinajstić information content (AvgIpc) is 3.38. The standard InChI is InChI=1S/C21H14F2N4O2S2/c1-11(28)25-12-6-7-13(16(23)8-12)17-10-30-21(26-17)27-19(29)18-9-24-20(31-18)14-4-2-3-5-15(14)22/h2-10H,1H3,(H,25,28)(H,26,27,29). The van der Waals surface area contributed by atoms with Gasteiger partial charge in [-0.15, -0.1) is 22.7 Å². The third kappa shape index (κ3) is 4.65. The molecule has 0 atom stereocenters. The third-order valence-corrected chi connectivity index (χ3v) is 5.91. The Hall–Kier alpha value is -3.50. The van der Waals surface area contributed by atoms with E-state index in [2.05, 4.69) is 20.6 Å². The predicted octanol–water partition coefficient (Wildman–Crippen LogP) is 5.42. The van der Waals surface area contributed by atoms with E-state index in [1.54, 1.807) is 29.6 Å². The number of amides is 2. The van der Waals surface area contributed by atoms with Crippen molar-refractivity contribution in [1.29, 1.82) is 0 Å². The van der Waals surface area contributed by atoms with Crippen LogP contribution in [-0.4, -0.2) is 21.8 Å². The van der Waals surface area contributed by atoms with E-state index in [1.165, 1.54) is 31.3 Å². The lowest BCUT2D eigenvalue weighted by atomic mass is 10.1. The van der Waals surface area contributed by atoms with Crippen molar-refractivity contribution in [2.24, 2.45) is 0 Å². The van der Waals surface area contributed by atoms with E-state index in [-0.39, 0.29) is 16.6 Å². The highest BCUT2D eigenvalue weighted by Crippen LogP contribution is 2.30. The smallest absolute Gasteiger partial charge is 0.269 e. The van der Waals surface area contributed by atoms with Gasteiger partial charge in [-0.2, -0.15) is 0 Å². The summed E-state index contributed by atoms with van der Waals surface area (Å²) in [5, 5.41) is 7.45. The van der Waals surface area contributed by atoms with Crippen LogP contribution in [0, 0.1) is 11.6 Å². The van der Waals surface area contributed by atoms with Crippen LogP contribution in [0.5, 0.6) is 0 Å². The highest BCUT2D eigenvalue weighted by Gasteiger charge is 2.16. The van der Waals surface area contributed by atoms with Gasteiger partial charge in [0.25, 0.3) is 5.91 Å². The first kappa shape index (κ1) is 20.8. The Kier molecular flexibility index (Phi) is 5.83. The highest BCUT2D eigenvalue weighted by atomic mass is 32.1. The van der Waals surface area contributed by atoms with Crippen LogP contribution in [0.2, 0.25) is 0 Å². The van der Waals surface area contributed by atoms with E-state index in [4.69, 9.17) is 0 Å². The molecule has 0 aliphatic rings. The van der Waals surface area contributed by atoms with Crippen molar-refractivity contribution < 1.29 is 18.4 Å². The molecular formula is C21H14F2N4O2S2. The number of carbonyl (C=O) groups excluding carboxylic acids is 2. The normalized spacial score (nSPS) is 10.7. The quantitative estimate of drug-likeness (QED) is 0.420. The van der Waals surface area contributed by atoms with Gasteiger partial charge in [-0.1, -0.05) is 12.1 Å². The Labute approximate surface area is 183 Å². The molecule has 0 saturated heterocycles. The van der Waals surface area contributed by atoms with Crippen LogP contribution < -0.4 is 10.6 Å². The van der Waals surface area contributed by atoms with Gasteiger partial charge >= 0.3 is 0 Å². The summed E-state index contributed by atoms with van der Waals surface area (Å²) >= 11 is 2.20. The lowest BCUT2D eigenvalue weighted by Gasteiger charge is -2.04. The number of carbonyl (C=O) groups is 2. The molecule has 2 aromatic carbocycles. The van der Waals surface area contributed by atoms with Crippen molar-refractivity contribution in [3.8, 4) is 21.8 Å². The van der Waals surface area contributed by atoms with Crippen molar-refractivity contribution in [3.63, 3.8) is 0 Å². The van der Waals surface area contributed by atoms with E-state index >= 15 is 0 Å². The SMILES string of the molecule is CC(=O)Nc1ccc(-c2csc(NC(=O)c3cnc(-c4ccccc4F)s3)n2)c(F)c1. The molecule has 0 spiro atoms. The second kappa shape index (κ2) is 8.70. The fourth-order valence-electron chi connectivity index (χ4n) is 2.76. The van der Waals surface area contributed by atoms with Gasteiger partial charge < -0.3 is 5.32 Å². The van der Waals surface area contributed by atoms with Gasteiger partial charge in [-0.25, -0.2) is 18.7 Å². The van der Waals surface area contributed by atoms with Crippen LogP contribution in [0.1, 0.15) is 16.6 Å². The number of hydrogen-bond acceptors (Lipinski definition) is 6. The molecule has 0 bridgehead atoms. The number of anilines is 2. The topological polar surface area (TPSA) is 84.0 Å². The second-order valence-corrected chi connectivity index (χ2v) is 8.27. The number of benzene rings is 2. The van der Waals surface area contributed by atoms with Crippen molar-refractivity contribution >= 4 is 45.3 Å². The summed E-state index contributed by atoms with van der Waals surface area (Å²) in [6, 6.07) is 10.5. The lowest BCUT2D eigenvalue weighted by molar-refractivity contribution is -0.114. The van der Waals surface area contributed by atoms with Gasteiger partial charge in [-0.05, 0) is 30.3 Å². The predicted molar refractivity (Wildman–Crippen MR) is 117 cm³/mol. The van der Waals surface area contributed by atoms with Gasteiger partial charge in [0.15, 0.2) is 5.13 Å². The molecule has 6 nitrogen and oxygen atoms in total. The minimum Gasteiger partial charge on any atom is -0.326 e. The summed E-state index contributed by atoms with van der Waals surface area (Å²) in [7, 11) is 0. The molecule has 0 aliphatic heterocycles. The molecule has 0 saturated carbocycles. The van der Waals surface area contributed by atoms with E-state index in [0.717, 1.165) is 22.7 Å². The lowest BCUT2D eigenvalue weighted by Crippen LogP contribution is -2.09. The molecule has 2 heterocycles. The molecule has 4 rings (SSSR count). The van der Waals surface area contributed by atoms with Crippen molar-refractivity contribution in [1.82, 2.24) is 9.97 Å². The average molecular weight is 456 g/mol. The number of nitrogens with zero attached hydrogens (tertiary/aromatic N) is 2. The molecule has 4 aromatic rings. The molecule has 0 fully saturated rings. The minimum atomic E-state index is -0.550. The van der Waals surface area contributed by atoms with Gasteiger partial charge in [0, 0.05) is 29.1 Å². The maximum absolute atomic E-state index is 14.4. The van der Waals surface area contributed by atoms with Crippen LogP contribution in [-0.2, 0) is 4.79 Å². The van der Waals surface area contributed by atoms with Gasteiger partial charge in [0.1, 0.15) is 21.5 Å². The molecular weight excluding hydrogens is 442 g/mol. The largest absolute Gasteiger partial charge is 0.326 e. The minimum absolute atomic E-state index is 0.241. The van der Waals surface area contributed by atoms with Crippen LogP contribution in [0.4, 0.5) is 19.6 Å². The third-order valence-electron chi connectivity index (χ3n) is 4.12. The Morgan fingerprint density at radius 3 is 2.55 bits per heavy atom. The zero-order chi connectivity index (χ0) is 22.0. The van der Waals surface area contributed by atoms with Crippen LogP contribution in [0.3, 0.4) is 0 Å². The Morgan fingerprint density at radius 2 is 1.81 bits per heavy atom. The summed E-state index contributed by atoms with van der Waals surface area (Å²) < 4.78 is 28.3. The van der Waals surface area contributed by atoms with Gasteiger partial charge in [-0.3, -0.25) is 14.9 Å². The number of aromatic nitrogens is 2. The van der Waals surface area contributed by atoms with E-state index < -0.39 is 17.5 Å². The van der Waals surface area contributed by atoms with E-state index in [0.29, 0.717) is 26.8 Å². The number of thiazole rings is 2. The zero-order valence-electron chi connectivity index (χ0n) is 16.0. The van der Waals surface area contributed by atoms with E-state index in [9.17, 15) is 18.4 Å². The molecule has 31 heavy (non-hydrogen) atoms. The Morgan fingerprint density at radius 1 is 1.00 bits per heavy atom. The Balaban J connectivity index is 1.49. The molecule has 0 unspecified atom stereocenters. The molecule has 10 heteroatoms. The van der Waals surface area contributed by atoms with Gasteiger partial charge in [0.2, 0.25) is 5.91 Å². The number of rotatable bonds is 5. The molecule has 2 aromatic heterocycles. The number of halogens is 2. The molecule has 156 valence electrons. The van der Waals surface area contributed by atoms with Gasteiger partial charge in [0.05, 0.1) is 11.9 Å². The molecule has 0 aliphatic carbocycles. The fraction of sp³-hybridized carbons (Fsp3) is 0.0476. The maximum Gasteiger partial charge on any atom is 0.269 e. The summed E-state index contributed by atoms with van der Waals surface area (Å²) in [4.78, 5) is 32.3. The number of nitrogens with one attached hydrogen (secondary N) is 2. The van der Waals surface area contributed by atoms with Crippen molar-refractivity contribution in [2.75, 3.05) is 10.6 Å². The van der Waals surface area contributed by atoms with Crippen LogP contribution >= 0.6 is 22.7 Å². The van der Waals surface area contributed by atoms with E-state index in [1.807, 2.05) is 0 Å². The second-order valence-electron chi connectivity index (χ2n) is 6.38. The first-order valence-electron chi connectivity index (χ1n) is 8.96. The summed E-state index contributed by atoms with van der Waals surface area (Å²) in [6.45, 7) is 1.34. The molecule has 0 radical (unpaired) electrons. The summed E-state index contributed by atoms with van der Waals surface area (Å²) in [6.07, 6.45) is 1.37. The first-order valence-corrected chi connectivity index (χ1v) is 10.7. The summed E-state index contributed by atoms with van der Waals surface area (Å²) in [5.41, 5.74) is 1.25.